The van der Waals surface area contributed by atoms with Crippen molar-refractivity contribution in [2.24, 2.45) is 0 Å². The first-order valence-corrected chi connectivity index (χ1v) is 7.69. The van der Waals surface area contributed by atoms with E-state index in [1.165, 1.54) is 11.8 Å². The Kier molecular flexibility index (Phi) is 5.10. The van der Waals surface area contributed by atoms with Gasteiger partial charge in [0.05, 0.1) is 5.75 Å². The molecule has 0 amide bonds. The van der Waals surface area contributed by atoms with Gasteiger partial charge in [0.1, 0.15) is 0 Å². The average molecular weight is 307 g/mol. The first-order valence-electron chi connectivity index (χ1n) is 6.26. The summed E-state index contributed by atoms with van der Waals surface area (Å²) in [6, 6.07) is 15.8. The first kappa shape index (κ1) is 14.9. The van der Waals surface area contributed by atoms with Gasteiger partial charge in [-0.05, 0) is 24.1 Å². The molecule has 0 bridgehead atoms. The predicted molar refractivity (Wildman–Crippen MR) is 85.4 cm³/mol. The molecule has 0 radical (unpaired) electrons. The van der Waals surface area contributed by atoms with Crippen LogP contribution >= 0.6 is 23.4 Å². The van der Waals surface area contributed by atoms with Gasteiger partial charge in [-0.3, -0.25) is 4.79 Å². The van der Waals surface area contributed by atoms with Crippen molar-refractivity contribution in [3.8, 4) is 11.1 Å². The largest absolute Gasteiger partial charge is 0.481 e. The third-order valence-electron chi connectivity index (χ3n) is 3.02. The molecule has 0 aliphatic heterocycles. The van der Waals surface area contributed by atoms with E-state index in [1.807, 2.05) is 55.5 Å². The van der Waals surface area contributed by atoms with Crippen molar-refractivity contribution in [3.63, 3.8) is 0 Å². The van der Waals surface area contributed by atoms with Crippen molar-refractivity contribution in [2.45, 2.75) is 12.2 Å². The fourth-order valence-corrected chi connectivity index (χ4v) is 2.91. The van der Waals surface area contributed by atoms with E-state index < -0.39 is 5.97 Å². The highest BCUT2D eigenvalue weighted by Gasteiger charge is 2.09. The maximum absolute atomic E-state index is 10.6. The smallest absolute Gasteiger partial charge is 0.313 e. The summed E-state index contributed by atoms with van der Waals surface area (Å²) in [6.45, 7) is 2.01. The molecule has 104 valence electrons. The lowest BCUT2D eigenvalue weighted by Gasteiger charge is -2.11. The van der Waals surface area contributed by atoms with Crippen LogP contribution in [-0.4, -0.2) is 16.8 Å². The summed E-state index contributed by atoms with van der Waals surface area (Å²) in [5, 5.41) is 9.59. The third kappa shape index (κ3) is 3.78. The molecule has 0 aliphatic carbocycles. The Hall–Kier alpha value is -1.45. The number of halogens is 1. The first-order chi connectivity index (χ1) is 9.58. The SMILES string of the molecule is CC(SCC(=O)O)c1ccc(-c2ccccc2Cl)cc1. The number of carboxylic acids is 1. The second-order valence-electron chi connectivity index (χ2n) is 4.45. The van der Waals surface area contributed by atoms with Crippen molar-refractivity contribution < 1.29 is 9.90 Å². The second-order valence-corrected chi connectivity index (χ2v) is 6.19. The maximum atomic E-state index is 10.6. The zero-order chi connectivity index (χ0) is 14.5. The number of benzene rings is 2. The van der Waals surface area contributed by atoms with Crippen LogP contribution in [0.3, 0.4) is 0 Å². The molecule has 0 saturated carbocycles. The van der Waals surface area contributed by atoms with E-state index in [1.54, 1.807) is 0 Å². The number of rotatable bonds is 5. The summed E-state index contributed by atoms with van der Waals surface area (Å²) in [7, 11) is 0. The van der Waals surface area contributed by atoms with Crippen molar-refractivity contribution in [1.29, 1.82) is 0 Å². The van der Waals surface area contributed by atoms with Crippen LogP contribution < -0.4 is 0 Å². The number of carboxylic acid groups (broad SMARTS) is 1. The number of thioether (sulfide) groups is 1. The van der Waals surface area contributed by atoms with Crippen molar-refractivity contribution in [2.75, 3.05) is 5.75 Å². The van der Waals surface area contributed by atoms with E-state index >= 15 is 0 Å². The monoisotopic (exact) mass is 306 g/mol. The fraction of sp³-hybridized carbons (Fsp3) is 0.188. The van der Waals surface area contributed by atoms with Gasteiger partial charge in [-0.2, -0.15) is 0 Å². The molecular formula is C16H15ClO2S. The average Bonchev–Trinajstić information content (AvgIpc) is 2.45. The van der Waals surface area contributed by atoms with Crippen LogP contribution in [0.1, 0.15) is 17.7 Å². The molecule has 0 saturated heterocycles. The molecule has 0 aromatic heterocycles. The number of aliphatic carboxylic acids is 1. The zero-order valence-electron chi connectivity index (χ0n) is 11.0. The molecule has 0 fully saturated rings. The molecule has 2 nitrogen and oxygen atoms in total. The summed E-state index contributed by atoms with van der Waals surface area (Å²) in [4.78, 5) is 10.6. The Bertz CT molecular complexity index is 596. The van der Waals surface area contributed by atoms with Crippen LogP contribution in [0.5, 0.6) is 0 Å². The molecule has 0 aliphatic rings. The van der Waals surface area contributed by atoms with Gasteiger partial charge in [0.15, 0.2) is 0 Å². The molecule has 0 heterocycles. The topological polar surface area (TPSA) is 37.3 Å². The van der Waals surface area contributed by atoms with Crippen LogP contribution in [0.15, 0.2) is 48.5 Å². The highest BCUT2D eigenvalue weighted by molar-refractivity contribution is 8.00. The minimum absolute atomic E-state index is 0.118. The van der Waals surface area contributed by atoms with E-state index in [9.17, 15) is 4.79 Å². The van der Waals surface area contributed by atoms with Gasteiger partial charge < -0.3 is 5.11 Å². The van der Waals surface area contributed by atoms with Gasteiger partial charge in [0, 0.05) is 15.8 Å². The van der Waals surface area contributed by atoms with Crippen LogP contribution in [-0.2, 0) is 4.79 Å². The van der Waals surface area contributed by atoms with Gasteiger partial charge in [-0.25, -0.2) is 0 Å². The Morgan fingerprint density at radius 1 is 1.20 bits per heavy atom. The Labute approximate surface area is 127 Å². The second kappa shape index (κ2) is 6.82. The lowest BCUT2D eigenvalue weighted by molar-refractivity contribution is -0.133. The summed E-state index contributed by atoms with van der Waals surface area (Å²) >= 11 is 7.59. The lowest BCUT2D eigenvalue weighted by Crippen LogP contribution is -2.00. The standard InChI is InChI=1S/C16H15ClO2S/c1-11(20-10-16(18)19)12-6-8-13(9-7-12)14-4-2-3-5-15(14)17/h2-9,11H,10H2,1H3,(H,18,19). The van der Waals surface area contributed by atoms with Gasteiger partial charge >= 0.3 is 5.97 Å². The van der Waals surface area contributed by atoms with Crippen molar-refractivity contribution in [1.82, 2.24) is 0 Å². The fourth-order valence-electron chi connectivity index (χ4n) is 1.92. The van der Waals surface area contributed by atoms with E-state index in [0.717, 1.165) is 21.7 Å². The summed E-state index contributed by atoms with van der Waals surface area (Å²) < 4.78 is 0. The Balaban J connectivity index is 2.14. The minimum Gasteiger partial charge on any atom is -0.481 e. The van der Waals surface area contributed by atoms with Gasteiger partial charge in [-0.15, -0.1) is 11.8 Å². The summed E-state index contributed by atoms with van der Waals surface area (Å²) in [5.74, 6) is -0.664. The van der Waals surface area contributed by atoms with Crippen LogP contribution in [0.25, 0.3) is 11.1 Å². The number of hydrogen-bond acceptors (Lipinski definition) is 2. The van der Waals surface area contributed by atoms with E-state index in [4.69, 9.17) is 16.7 Å². The van der Waals surface area contributed by atoms with Gasteiger partial charge in [0.2, 0.25) is 0 Å². The van der Waals surface area contributed by atoms with Gasteiger partial charge in [-0.1, -0.05) is 54.1 Å². The lowest BCUT2D eigenvalue weighted by atomic mass is 10.0. The minimum atomic E-state index is -0.783. The van der Waals surface area contributed by atoms with E-state index in [-0.39, 0.29) is 11.0 Å². The molecular weight excluding hydrogens is 292 g/mol. The molecule has 1 N–H and O–H groups in total. The molecule has 4 heteroatoms. The molecule has 2 aromatic carbocycles. The van der Waals surface area contributed by atoms with Gasteiger partial charge in [0.25, 0.3) is 0 Å². The Morgan fingerprint density at radius 3 is 2.45 bits per heavy atom. The highest BCUT2D eigenvalue weighted by atomic mass is 35.5. The molecule has 1 atom stereocenters. The number of carbonyl (C=O) groups is 1. The van der Waals surface area contributed by atoms with Crippen molar-refractivity contribution >= 4 is 29.3 Å². The molecule has 2 aromatic rings. The summed E-state index contributed by atoms with van der Waals surface area (Å²) in [6.07, 6.45) is 0. The maximum Gasteiger partial charge on any atom is 0.313 e. The molecule has 2 rings (SSSR count). The summed E-state index contributed by atoms with van der Waals surface area (Å²) in [5.41, 5.74) is 3.19. The predicted octanol–water partition coefficient (Wildman–Crippen LogP) is 4.89. The van der Waals surface area contributed by atoms with E-state index in [2.05, 4.69) is 0 Å². The van der Waals surface area contributed by atoms with Crippen LogP contribution in [0.2, 0.25) is 5.02 Å². The van der Waals surface area contributed by atoms with Crippen LogP contribution in [0, 0.1) is 0 Å². The van der Waals surface area contributed by atoms with E-state index in [0.29, 0.717) is 0 Å². The molecule has 20 heavy (non-hydrogen) atoms. The zero-order valence-corrected chi connectivity index (χ0v) is 12.6. The normalized spacial score (nSPS) is 12.1. The quantitative estimate of drug-likeness (QED) is 0.855. The number of hydrogen-bond donors (Lipinski definition) is 1. The highest BCUT2D eigenvalue weighted by Crippen LogP contribution is 2.32. The Morgan fingerprint density at radius 2 is 1.85 bits per heavy atom. The van der Waals surface area contributed by atoms with Crippen molar-refractivity contribution in [3.05, 3.63) is 59.1 Å². The molecule has 1 unspecified atom stereocenters. The molecule has 0 spiro atoms. The van der Waals surface area contributed by atoms with Crippen LogP contribution in [0.4, 0.5) is 0 Å². The third-order valence-corrected chi connectivity index (χ3v) is 4.54.